The van der Waals surface area contributed by atoms with Crippen LogP contribution in [0, 0.1) is 0 Å². The van der Waals surface area contributed by atoms with E-state index in [1.165, 1.54) is 38.5 Å². The quantitative estimate of drug-likeness (QED) is 0.257. The van der Waals surface area contributed by atoms with Crippen molar-refractivity contribution >= 4 is 11.9 Å². The molecule has 23 heavy (non-hydrogen) atoms. The number of rotatable bonds is 14. The Balaban J connectivity index is 3.55. The number of unbranched alkanes of at least 4 members (excludes halogenated alkanes) is 7. The molecule has 0 fully saturated rings. The van der Waals surface area contributed by atoms with Gasteiger partial charge in [-0.1, -0.05) is 65.2 Å². The maximum absolute atomic E-state index is 11.4. The molecule has 0 bridgehead atoms. The van der Waals surface area contributed by atoms with Crippen molar-refractivity contribution in [2.75, 3.05) is 6.61 Å². The standard InChI is InChI=1S/C19H34O4/c1-4-6-7-8-9-10-11-12-16-22-18(20)14-15-19(21)23-17(3)13-5-2/h14-15,17H,4-13,16H2,1-3H3/b15-14+. The van der Waals surface area contributed by atoms with Gasteiger partial charge in [-0.25, -0.2) is 9.59 Å². The summed E-state index contributed by atoms with van der Waals surface area (Å²) in [5.41, 5.74) is 0. The van der Waals surface area contributed by atoms with Crippen molar-refractivity contribution in [1.82, 2.24) is 0 Å². The Hall–Kier alpha value is -1.32. The molecule has 0 aliphatic heterocycles. The highest BCUT2D eigenvalue weighted by Gasteiger charge is 2.06. The Kier molecular flexibility index (Phi) is 14.7. The third kappa shape index (κ3) is 15.4. The van der Waals surface area contributed by atoms with E-state index in [-0.39, 0.29) is 6.10 Å². The SMILES string of the molecule is CCCCCCCCCCOC(=O)/C=C/C(=O)OC(C)CCC. The van der Waals surface area contributed by atoms with E-state index < -0.39 is 11.9 Å². The molecule has 0 heterocycles. The second-order valence-electron chi connectivity index (χ2n) is 6.01. The molecule has 4 nitrogen and oxygen atoms in total. The summed E-state index contributed by atoms with van der Waals surface area (Å²) in [4.78, 5) is 22.9. The monoisotopic (exact) mass is 326 g/mol. The Morgan fingerprint density at radius 1 is 0.826 bits per heavy atom. The van der Waals surface area contributed by atoms with Crippen LogP contribution in [0.1, 0.15) is 85.0 Å². The fourth-order valence-corrected chi connectivity index (χ4v) is 2.30. The molecule has 0 spiro atoms. The lowest BCUT2D eigenvalue weighted by atomic mass is 10.1. The van der Waals surface area contributed by atoms with Gasteiger partial charge in [0.05, 0.1) is 12.7 Å². The molecule has 1 unspecified atom stereocenters. The second kappa shape index (κ2) is 15.6. The van der Waals surface area contributed by atoms with Crippen molar-refractivity contribution < 1.29 is 19.1 Å². The van der Waals surface area contributed by atoms with Gasteiger partial charge in [-0.3, -0.25) is 0 Å². The molecule has 0 radical (unpaired) electrons. The van der Waals surface area contributed by atoms with Crippen LogP contribution in [0.2, 0.25) is 0 Å². The van der Waals surface area contributed by atoms with Gasteiger partial charge in [-0.2, -0.15) is 0 Å². The summed E-state index contributed by atoms with van der Waals surface area (Å²) in [6.07, 6.45) is 13.6. The van der Waals surface area contributed by atoms with Crippen LogP contribution in [0.4, 0.5) is 0 Å². The van der Waals surface area contributed by atoms with Crippen LogP contribution in [0.5, 0.6) is 0 Å². The van der Waals surface area contributed by atoms with Gasteiger partial charge in [0.25, 0.3) is 0 Å². The molecule has 0 aromatic rings. The number of carbonyl (C=O) groups is 2. The molecule has 0 saturated heterocycles. The Labute approximate surface area is 141 Å². The van der Waals surface area contributed by atoms with E-state index in [0.717, 1.165) is 37.8 Å². The fraction of sp³-hybridized carbons (Fsp3) is 0.789. The predicted molar refractivity (Wildman–Crippen MR) is 93.2 cm³/mol. The molecule has 0 saturated carbocycles. The van der Waals surface area contributed by atoms with Gasteiger partial charge >= 0.3 is 11.9 Å². The van der Waals surface area contributed by atoms with Crippen molar-refractivity contribution in [3.8, 4) is 0 Å². The molecule has 1 atom stereocenters. The van der Waals surface area contributed by atoms with E-state index in [2.05, 4.69) is 6.92 Å². The van der Waals surface area contributed by atoms with Crippen LogP contribution in [-0.4, -0.2) is 24.6 Å². The zero-order chi connectivity index (χ0) is 17.3. The molecule has 4 heteroatoms. The molecule has 0 N–H and O–H groups in total. The molecule has 134 valence electrons. The van der Waals surface area contributed by atoms with E-state index in [9.17, 15) is 9.59 Å². The lowest BCUT2D eigenvalue weighted by Crippen LogP contribution is -2.13. The van der Waals surface area contributed by atoms with Crippen molar-refractivity contribution in [3.05, 3.63) is 12.2 Å². The maximum atomic E-state index is 11.4. The second-order valence-corrected chi connectivity index (χ2v) is 6.01. The van der Waals surface area contributed by atoms with Crippen LogP contribution in [0.15, 0.2) is 12.2 Å². The Morgan fingerprint density at radius 3 is 2.00 bits per heavy atom. The van der Waals surface area contributed by atoms with E-state index in [0.29, 0.717) is 6.61 Å². The molecule has 0 aliphatic rings. The summed E-state index contributed by atoms with van der Waals surface area (Å²) in [7, 11) is 0. The first kappa shape index (κ1) is 21.7. The van der Waals surface area contributed by atoms with Gasteiger partial charge in [0.15, 0.2) is 0 Å². The van der Waals surface area contributed by atoms with E-state index in [1.807, 2.05) is 13.8 Å². The minimum atomic E-state index is -0.491. The first-order chi connectivity index (χ1) is 11.1. The van der Waals surface area contributed by atoms with Crippen LogP contribution in [-0.2, 0) is 19.1 Å². The molecule has 0 amide bonds. The van der Waals surface area contributed by atoms with Crippen molar-refractivity contribution in [2.24, 2.45) is 0 Å². The number of hydrogen-bond donors (Lipinski definition) is 0. The number of esters is 2. The minimum absolute atomic E-state index is 0.120. The fourth-order valence-electron chi connectivity index (χ4n) is 2.30. The topological polar surface area (TPSA) is 52.6 Å². The van der Waals surface area contributed by atoms with E-state index in [1.54, 1.807) is 0 Å². The van der Waals surface area contributed by atoms with Gasteiger partial charge in [-0.15, -0.1) is 0 Å². The average Bonchev–Trinajstić information content (AvgIpc) is 2.51. The summed E-state index contributed by atoms with van der Waals surface area (Å²) in [6, 6.07) is 0. The third-order valence-electron chi connectivity index (χ3n) is 3.61. The molecular weight excluding hydrogens is 292 g/mol. The van der Waals surface area contributed by atoms with E-state index in [4.69, 9.17) is 9.47 Å². The van der Waals surface area contributed by atoms with Crippen molar-refractivity contribution in [1.29, 1.82) is 0 Å². The molecule has 0 aromatic carbocycles. The highest BCUT2D eigenvalue weighted by molar-refractivity contribution is 5.91. The zero-order valence-corrected chi connectivity index (χ0v) is 15.1. The Bertz CT molecular complexity index is 336. The maximum Gasteiger partial charge on any atom is 0.331 e. The largest absolute Gasteiger partial charge is 0.463 e. The summed E-state index contributed by atoms with van der Waals surface area (Å²) in [5, 5.41) is 0. The van der Waals surface area contributed by atoms with E-state index >= 15 is 0 Å². The third-order valence-corrected chi connectivity index (χ3v) is 3.61. The average molecular weight is 326 g/mol. The van der Waals surface area contributed by atoms with Crippen LogP contribution < -0.4 is 0 Å². The number of hydrogen-bond acceptors (Lipinski definition) is 4. The summed E-state index contributed by atoms with van der Waals surface area (Å²) < 4.78 is 10.2. The minimum Gasteiger partial charge on any atom is -0.463 e. The highest BCUT2D eigenvalue weighted by atomic mass is 16.5. The highest BCUT2D eigenvalue weighted by Crippen LogP contribution is 2.08. The van der Waals surface area contributed by atoms with Gasteiger partial charge in [0.1, 0.15) is 0 Å². The van der Waals surface area contributed by atoms with Crippen LogP contribution in [0.3, 0.4) is 0 Å². The van der Waals surface area contributed by atoms with Gasteiger partial charge in [0.2, 0.25) is 0 Å². The molecule has 0 aliphatic carbocycles. The van der Waals surface area contributed by atoms with Crippen LogP contribution in [0.25, 0.3) is 0 Å². The lowest BCUT2D eigenvalue weighted by Gasteiger charge is -2.09. The summed E-state index contributed by atoms with van der Waals surface area (Å²) in [6.45, 7) is 6.51. The van der Waals surface area contributed by atoms with Gasteiger partial charge in [-0.05, 0) is 19.8 Å². The predicted octanol–water partition coefficient (Wildman–Crippen LogP) is 4.96. The van der Waals surface area contributed by atoms with Gasteiger partial charge < -0.3 is 9.47 Å². The first-order valence-electron chi connectivity index (χ1n) is 9.15. The molecular formula is C19H34O4. The zero-order valence-electron chi connectivity index (χ0n) is 15.1. The lowest BCUT2D eigenvalue weighted by molar-refractivity contribution is -0.143. The Morgan fingerprint density at radius 2 is 1.39 bits per heavy atom. The van der Waals surface area contributed by atoms with Gasteiger partial charge in [0, 0.05) is 12.2 Å². The van der Waals surface area contributed by atoms with Crippen molar-refractivity contribution in [3.63, 3.8) is 0 Å². The normalized spacial score (nSPS) is 12.3. The summed E-state index contributed by atoms with van der Waals surface area (Å²) in [5.74, 6) is -0.969. The smallest absolute Gasteiger partial charge is 0.331 e. The summed E-state index contributed by atoms with van der Waals surface area (Å²) >= 11 is 0. The number of carbonyl (C=O) groups excluding carboxylic acids is 2. The molecule has 0 rings (SSSR count). The molecule has 0 aromatic heterocycles. The van der Waals surface area contributed by atoms with Crippen molar-refractivity contribution in [2.45, 2.75) is 91.1 Å². The number of ether oxygens (including phenoxy) is 2. The van der Waals surface area contributed by atoms with Crippen LogP contribution >= 0.6 is 0 Å². The first-order valence-corrected chi connectivity index (χ1v) is 9.15.